The molecule has 0 radical (unpaired) electrons. The molecule has 3 heterocycles. The number of likely N-dealkylation sites (tertiary alicyclic amines) is 1. The predicted molar refractivity (Wildman–Crippen MR) is 147 cm³/mol. The van der Waals surface area contributed by atoms with E-state index in [0.29, 0.717) is 37.5 Å². The van der Waals surface area contributed by atoms with Gasteiger partial charge >= 0.3 is 0 Å². The van der Waals surface area contributed by atoms with Crippen molar-refractivity contribution in [2.45, 2.75) is 83.5 Å². The average Bonchev–Trinajstić information content (AvgIpc) is 3.63. The molecule has 0 N–H and O–H groups in total. The number of fused-ring (bicyclic) bond motifs is 1. The Morgan fingerprint density at radius 2 is 1.86 bits per heavy atom. The molecule has 37 heavy (non-hydrogen) atoms. The molecule has 1 amide bonds. The van der Waals surface area contributed by atoms with Gasteiger partial charge in [0.2, 0.25) is 5.91 Å². The van der Waals surface area contributed by atoms with Crippen molar-refractivity contribution in [3.63, 3.8) is 0 Å². The summed E-state index contributed by atoms with van der Waals surface area (Å²) in [6, 6.07) is 0. The van der Waals surface area contributed by atoms with Crippen molar-refractivity contribution in [2.24, 2.45) is 11.8 Å². The van der Waals surface area contributed by atoms with Crippen LogP contribution in [0.2, 0.25) is 0 Å². The van der Waals surface area contributed by atoms with Crippen LogP contribution >= 0.6 is 0 Å². The number of rotatable bonds is 14. The monoisotopic (exact) mass is 517 g/mol. The van der Waals surface area contributed by atoms with Gasteiger partial charge in [-0.3, -0.25) is 9.69 Å². The first-order chi connectivity index (χ1) is 17.9. The van der Waals surface area contributed by atoms with E-state index >= 15 is 0 Å². The zero-order valence-corrected chi connectivity index (χ0v) is 23.9. The highest BCUT2D eigenvalue weighted by molar-refractivity contribution is 5.78. The van der Waals surface area contributed by atoms with Crippen LogP contribution in [0.3, 0.4) is 0 Å². The minimum Gasteiger partial charge on any atom is -0.493 e. The third-order valence-corrected chi connectivity index (χ3v) is 8.82. The van der Waals surface area contributed by atoms with E-state index in [9.17, 15) is 4.79 Å². The molecule has 2 unspecified atom stereocenters. The first-order valence-corrected chi connectivity index (χ1v) is 14.8. The molecule has 1 aliphatic carbocycles. The molecular weight excluding hydrogens is 466 g/mol. The minimum absolute atomic E-state index is 0.0222. The molecule has 0 aromatic carbocycles. The van der Waals surface area contributed by atoms with E-state index in [1.807, 2.05) is 0 Å². The molecule has 3 fully saturated rings. The van der Waals surface area contributed by atoms with Crippen LogP contribution in [0.5, 0.6) is 0 Å². The minimum atomic E-state index is -0.0934. The Kier molecular flexibility index (Phi) is 10.5. The van der Waals surface area contributed by atoms with Crippen LogP contribution in [0, 0.1) is 11.8 Å². The van der Waals surface area contributed by atoms with Crippen LogP contribution in [0.4, 0.5) is 0 Å². The summed E-state index contributed by atoms with van der Waals surface area (Å²) in [4.78, 5) is 20.6. The topological polar surface area (TPSA) is 54.5 Å². The zero-order valence-electron chi connectivity index (χ0n) is 23.9. The molecule has 0 bridgehead atoms. The molecule has 0 saturated carbocycles. The van der Waals surface area contributed by atoms with Gasteiger partial charge in [-0.1, -0.05) is 19.4 Å². The summed E-state index contributed by atoms with van der Waals surface area (Å²) in [6.07, 6.45) is 14.2. The molecule has 4 aliphatic rings. The molecular formula is C30H51N3O4. The number of amides is 1. The van der Waals surface area contributed by atoms with Crippen molar-refractivity contribution < 1.29 is 19.0 Å². The number of hydrogen-bond donors (Lipinski definition) is 0. The highest BCUT2D eigenvalue weighted by Gasteiger charge is 2.45. The van der Waals surface area contributed by atoms with Crippen molar-refractivity contribution >= 4 is 5.91 Å². The van der Waals surface area contributed by atoms with E-state index in [4.69, 9.17) is 14.2 Å². The fourth-order valence-corrected chi connectivity index (χ4v) is 6.51. The van der Waals surface area contributed by atoms with Gasteiger partial charge in [-0.05, 0) is 89.6 Å². The smallest absolute Gasteiger partial charge is 0.236 e. The van der Waals surface area contributed by atoms with Gasteiger partial charge in [0.1, 0.15) is 5.76 Å². The number of hydrogen-bond acceptors (Lipinski definition) is 6. The summed E-state index contributed by atoms with van der Waals surface area (Å²) in [5.41, 5.74) is 1.37. The van der Waals surface area contributed by atoms with Crippen molar-refractivity contribution in [1.82, 2.24) is 14.7 Å². The number of carbonyl (C=O) groups excluding carboxylic acids is 1. The molecule has 0 spiro atoms. The largest absolute Gasteiger partial charge is 0.493 e. The maximum Gasteiger partial charge on any atom is 0.236 e. The standard InChI is InChI=1S/C30H51N3O4/c1-5-6-15-32(16-8-7-14-31(3)4)28(34)23-33-22-26(24-9-10-27-25(20-24)12-17-35-27)21-30(33,2)13-11-29-36-18-19-37-29/h10,20,24,26,29H,5-9,11-19,21-23H2,1-4H3/t24?,26-,30?/m1/s1. The van der Waals surface area contributed by atoms with E-state index in [1.165, 1.54) is 5.57 Å². The summed E-state index contributed by atoms with van der Waals surface area (Å²) < 4.78 is 17.3. The van der Waals surface area contributed by atoms with E-state index in [0.717, 1.165) is 96.3 Å². The van der Waals surface area contributed by atoms with Gasteiger partial charge in [0.15, 0.2) is 6.29 Å². The highest BCUT2D eigenvalue weighted by Crippen LogP contribution is 2.44. The van der Waals surface area contributed by atoms with Crippen LogP contribution in [0.25, 0.3) is 0 Å². The second-order valence-electron chi connectivity index (χ2n) is 12.1. The molecule has 3 aliphatic heterocycles. The van der Waals surface area contributed by atoms with Crippen molar-refractivity contribution in [3.8, 4) is 0 Å². The van der Waals surface area contributed by atoms with Crippen LogP contribution < -0.4 is 0 Å². The Morgan fingerprint density at radius 3 is 2.62 bits per heavy atom. The molecule has 210 valence electrons. The quantitative estimate of drug-likeness (QED) is 0.318. The maximum absolute atomic E-state index is 13.7. The number of nitrogens with zero attached hydrogens (tertiary/aromatic N) is 3. The number of carbonyl (C=O) groups is 1. The fourth-order valence-electron chi connectivity index (χ4n) is 6.51. The predicted octanol–water partition coefficient (Wildman–Crippen LogP) is 4.44. The number of ether oxygens (including phenoxy) is 3. The first-order valence-electron chi connectivity index (χ1n) is 14.8. The Labute approximate surface area is 225 Å². The first kappa shape index (κ1) is 28.6. The van der Waals surface area contributed by atoms with Gasteiger partial charge in [-0.15, -0.1) is 0 Å². The molecule has 4 rings (SSSR count). The van der Waals surface area contributed by atoms with E-state index in [2.05, 4.69) is 54.8 Å². The average molecular weight is 518 g/mol. The number of allylic oxidation sites excluding steroid dienone is 3. The Bertz CT molecular complexity index is 807. The summed E-state index contributed by atoms with van der Waals surface area (Å²) in [7, 11) is 4.23. The second kappa shape index (κ2) is 13.6. The van der Waals surface area contributed by atoms with Crippen LogP contribution in [0.15, 0.2) is 23.5 Å². The van der Waals surface area contributed by atoms with Gasteiger partial charge in [0.25, 0.3) is 0 Å². The Hall–Kier alpha value is -1.41. The second-order valence-corrected chi connectivity index (χ2v) is 12.1. The Balaban J connectivity index is 1.41. The van der Waals surface area contributed by atoms with Crippen LogP contribution in [-0.4, -0.2) is 99.1 Å². The van der Waals surface area contributed by atoms with Gasteiger partial charge in [-0.25, -0.2) is 0 Å². The van der Waals surface area contributed by atoms with E-state index < -0.39 is 0 Å². The summed E-state index contributed by atoms with van der Waals surface area (Å²) >= 11 is 0. The molecule has 0 aromatic rings. The lowest BCUT2D eigenvalue weighted by molar-refractivity contribution is -0.133. The van der Waals surface area contributed by atoms with Gasteiger partial charge in [0, 0.05) is 38.0 Å². The van der Waals surface area contributed by atoms with Crippen molar-refractivity contribution in [3.05, 3.63) is 23.5 Å². The van der Waals surface area contributed by atoms with Crippen molar-refractivity contribution in [1.29, 1.82) is 0 Å². The third-order valence-electron chi connectivity index (χ3n) is 8.82. The lowest BCUT2D eigenvalue weighted by Gasteiger charge is -2.37. The SMILES string of the molecule is CCCCN(CCCCN(C)C)C(=O)CN1C[C@H](C2C=C3CCOC3=CC2)CC1(C)CCC1OCCO1. The Morgan fingerprint density at radius 1 is 1.11 bits per heavy atom. The zero-order chi connectivity index (χ0) is 26.3. The van der Waals surface area contributed by atoms with Gasteiger partial charge < -0.3 is 24.0 Å². The summed E-state index contributed by atoms with van der Waals surface area (Å²) in [5.74, 6) is 2.49. The van der Waals surface area contributed by atoms with E-state index in [1.54, 1.807) is 0 Å². The lowest BCUT2D eigenvalue weighted by Crippen LogP contribution is -2.48. The third kappa shape index (κ3) is 7.81. The molecule has 3 saturated heterocycles. The van der Waals surface area contributed by atoms with Crippen molar-refractivity contribution in [2.75, 3.05) is 66.6 Å². The molecule has 3 atom stereocenters. The van der Waals surface area contributed by atoms with Gasteiger partial charge in [-0.2, -0.15) is 0 Å². The summed E-state index contributed by atoms with van der Waals surface area (Å²) in [5, 5.41) is 0. The molecule has 7 heteroatoms. The maximum atomic E-state index is 13.7. The summed E-state index contributed by atoms with van der Waals surface area (Å²) in [6.45, 7) is 11.1. The van der Waals surface area contributed by atoms with Gasteiger partial charge in [0.05, 0.1) is 26.4 Å². The van der Waals surface area contributed by atoms with Crippen LogP contribution in [-0.2, 0) is 19.0 Å². The van der Waals surface area contributed by atoms with Crippen LogP contribution in [0.1, 0.15) is 71.6 Å². The molecule has 0 aromatic heterocycles. The normalized spacial score (nSPS) is 28.4. The highest BCUT2D eigenvalue weighted by atomic mass is 16.7. The van der Waals surface area contributed by atoms with E-state index in [-0.39, 0.29) is 11.8 Å². The number of unbranched alkanes of at least 4 members (excludes halogenated alkanes) is 2. The fraction of sp³-hybridized carbons (Fsp3) is 0.833. The lowest BCUT2D eigenvalue weighted by atomic mass is 9.79. The molecule has 7 nitrogen and oxygen atoms in total.